The van der Waals surface area contributed by atoms with Crippen LogP contribution in [0, 0.1) is 19.3 Å². The number of aromatic nitrogens is 1. The van der Waals surface area contributed by atoms with Crippen LogP contribution in [-0.4, -0.2) is 22.9 Å². The van der Waals surface area contributed by atoms with E-state index in [0.29, 0.717) is 17.1 Å². The SMILES string of the molecule is Cc1ccc2c(c1)c(CC(=O)NCC(C)(C)C)c(C)n2C(=O)c1ccc(Cl)cc1. The third-order valence-corrected chi connectivity index (χ3v) is 5.19. The smallest absolute Gasteiger partial charge is 0.262 e. The summed E-state index contributed by atoms with van der Waals surface area (Å²) < 4.78 is 1.70. The Kier molecular flexibility index (Phi) is 5.85. The maximum atomic E-state index is 13.3. The lowest BCUT2D eigenvalue weighted by Gasteiger charge is -2.18. The molecule has 0 saturated carbocycles. The van der Waals surface area contributed by atoms with Crippen LogP contribution in [0.2, 0.25) is 5.02 Å². The maximum absolute atomic E-state index is 13.3. The van der Waals surface area contributed by atoms with Gasteiger partial charge >= 0.3 is 0 Å². The van der Waals surface area contributed by atoms with Gasteiger partial charge in [0.2, 0.25) is 5.91 Å². The van der Waals surface area contributed by atoms with Crippen molar-refractivity contribution in [2.24, 2.45) is 5.41 Å². The number of carbonyl (C=O) groups is 2. The van der Waals surface area contributed by atoms with Crippen molar-refractivity contribution in [3.05, 3.63) is 69.9 Å². The summed E-state index contributed by atoms with van der Waals surface area (Å²) in [7, 11) is 0. The van der Waals surface area contributed by atoms with Gasteiger partial charge in [0.05, 0.1) is 11.9 Å². The average Bonchev–Trinajstić information content (AvgIpc) is 2.91. The quantitative estimate of drug-likeness (QED) is 0.634. The fraction of sp³-hybridized carbons (Fsp3) is 0.333. The van der Waals surface area contributed by atoms with Crippen LogP contribution in [-0.2, 0) is 11.2 Å². The molecule has 3 rings (SSSR count). The van der Waals surface area contributed by atoms with Crippen molar-refractivity contribution in [1.29, 1.82) is 0 Å². The fourth-order valence-electron chi connectivity index (χ4n) is 3.39. The second kappa shape index (κ2) is 8.03. The van der Waals surface area contributed by atoms with Crippen molar-refractivity contribution in [3.63, 3.8) is 0 Å². The number of hydrogen-bond donors (Lipinski definition) is 1. The molecule has 1 aromatic heterocycles. The molecule has 0 aliphatic rings. The van der Waals surface area contributed by atoms with Gasteiger partial charge in [0.15, 0.2) is 0 Å². The van der Waals surface area contributed by atoms with E-state index < -0.39 is 0 Å². The summed E-state index contributed by atoms with van der Waals surface area (Å²) in [6.45, 7) is 10.8. The second-order valence-electron chi connectivity index (χ2n) is 8.75. The van der Waals surface area contributed by atoms with Crippen LogP contribution in [0.5, 0.6) is 0 Å². The van der Waals surface area contributed by atoms with Crippen LogP contribution in [0.3, 0.4) is 0 Å². The normalized spacial score (nSPS) is 11.7. The zero-order valence-corrected chi connectivity index (χ0v) is 18.4. The topological polar surface area (TPSA) is 51.1 Å². The van der Waals surface area contributed by atoms with E-state index in [9.17, 15) is 9.59 Å². The minimum absolute atomic E-state index is 0.0137. The van der Waals surface area contributed by atoms with Gasteiger partial charge in [-0.3, -0.25) is 14.2 Å². The van der Waals surface area contributed by atoms with E-state index >= 15 is 0 Å². The molecule has 0 saturated heterocycles. The molecule has 0 unspecified atom stereocenters. The van der Waals surface area contributed by atoms with Crippen LogP contribution >= 0.6 is 11.6 Å². The Balaban J connectivity index is 2.03. The molecule has 0 spiro atoms. The summed E-state index contributed by atoms with van der Waals surface area (Å²) in [5.74, 6) is -0.170. The minimum Gasteiger partial charge on any atom is -0.355 e. The molecule has 4 nitrogen and oxygen atoms in total. The van der Waals surface area contributed by atoms with Crippen molar-refractivity contribution in [3.8, 4) is 0 Å². The molecule has 0 radical (unpaired) electrons. The molecular formula is C24H27ClN2O2. The Labute approximate surface area is 176 Å². The number of carbonyl (C=O) groups excluding carboxylic acids is 2. The summed E-state index contributed by atoms with van der Waals surface area (Å²) in [4.78, 5) is 25.9. The van der Waals surface area contributed by atoms with Gasteiger partial charge in [-0.25, -0.2) is 0 Å². The van der Waals surface area contributed by atoms with Crippen molar-refractivity contribution >= 4 is 34.3 Å². The largest absolute Gasteiger partial charge is 0.355 e. The highest BCUT2D eigenvalue weighted by Gasteiger charge is 2.22. The zero-order valence-electron chi connectivity index (χ0n) is 17.6. The highest BCUT2D eigenvalue weighted by atomic mass is 35.5. The van der Waals surface area contributed by atoms with Crippen molar-refractivity contribution in [1.82, 2.24) is 9.88 Å². The van der Waals surface area contributed by atoms with Gasteiger partial charge in [-0.05, 0) is 61.2 Å². The Bertz CT molecular complexity index is 1070. The standard InChI is InChI=1S/C24H27ClN2O2/c1-15-6-11-21-20(12-15)19(13-22(28)26-14-24(3,4)5)16(2)27(21)23(29)17-7-9-18(25)10-8-17/h6-12H,13-14H2,1-5H3,(H,26,28). The number of nitrogens with zero attached hydrogens (tertiary/aromatic N) is 1. The number of benzene rings is 2. The molecule has 152 valence electrons. The summed E-state index contributed by atoms with van der Waals surface area (Å²) in [5, 5.41) is 4.53. The van der Waals surface area contributed by atoms with Gasteiger partial charge < -0.3 is 5.32 Å². The lowest BCUT2D eigenvalue weighted by molar-refractivity contribution is -0.120. The van der Waals surface area contributed by atoms with E-state index in [4.69, 9.17) is 11.6 Å². The van der Waals surface area contributed by atoms with Crippen LogP contribution in [0.15, 0.2) is 42.5 Å². The molecule has 0 fully saturated rings. The predicted octanol–water partition coefficient (Wildman–Crippen LogP) is 5.30. The van der Waals surface area contributed by atoms with Crippen molar-refractivity contribution < 1.29 is 9.59 Å². The summed E-state index contributed by atoms with van der Waals surface area (Å²) in [6.07, 6.45) is 0.239. The molecule has 0 bridgehead atoms. The van der Waals surface area contributed by atoms with Crippen molar-refractivity contribution in [2.45, 2.75) is 41.0 Å². The van der Waals surface area contributed by atoms with E-state index in [1.807, 2.05) is 32.0 Å². The predicted molar refractivity (Wildman–Crippen MR) is 119 cm³/mol. The number of nitrogens with one attached hydrogen (secondary N) is 1. The number of amides is 1. The molecule has 29 heavy (non-hydrogen) atoms. The third kappa shape index (κ3) is 4.70. The highest BCUT2D eigenvalue weighted by molar-refractivity contribution is 6.30. The van der Waals surface area contributed by atoms with Crippen LogP contribution in [0.1, 0.15) is 48.0 Å². The average molecular weight is 411 g/mol. The lowest BCUT2D eigenvalue weighted by atomic mass is 9.97. The lowest BCUT2D eigenvalue weighted by Crippen LogP contribution is -2.33. The number of fused-ring (bicyclic) bond motifs is 1. The molecule has 1 heterocycles. The molecule has 1 amide bonds. The molecular weight excluding hydrogens is 384 g/mol. The van der Waals surface area contributed by atoms with E-state index in [0.717, 1.165) is 27.7 Å². The Morgan fingerprint density at radius 3 is 2.31 bits per heavy atom. The monoisotopic (exact) mass is 410 g/mol. The Morgan fingerprint density at radius 2 is 1.69 bits per heavy atom. The zero-order chi connectivity index (χ0) is 21.3. The van der Waals surface area contributed by atoms with Gasteiger partial charge in [-0.15, -0.1) is 0 Å². The second-order valence-corrected chi connectivity index (χ2v) is 9.18. The van der Waals surface area contributed by atoms with Gasteiger partial charge in [-0.2, -0.15) is 0 Å². The maximum Gasteiger partial charge on any atom is 0.262 e. The molecule has 5 heteroatoms. The number of halogens is 1. The first-order chi connectivity index (χ1) is 13.6. The first kappa shape index (κ1) is 21.1. The molecule has 2 aromatic carbocycles. The number of aryl methyl sites for hydroxylation is 1. The first-order valence-electron chi connectivity index (χ1n) is 9.74. The van der Waals surface area contributed by atoms with Crippen LogP contribution in [0.4, 0.5) is 0 Å². The van der Waals surface area contributed by atoms with Gasteiger partial charge in [0.1, 0.15) is 0 Å². The number of hydrogen-bond acceptors (Lipinski definition) is 2. The van der Waals surface area contributed by atoms with Crippen LogP contribution < -0.4 is 5.32 Å². The van der Waals surface area contributed by atoms with E-state index in [1.54, 1.807) is 28.8 Å². The van der Waals surface area contributed by atoms with E-state index in [2.05, 4.69) is 26.1 Å². The summed E-state index contributed by atoms with van der Waals surface area (Å²) in [5.41, 5.74) is 4.14. The summed E-state index contributed by atoms with van der Waals surface area (Å²) >= 11 is 5.97. The van der Waals surface area contributed by atoms with E-state index in [1.165, 1.54) is 0 Å². The third-order valence-electron chi connectivity index (χ3n) is 4.94. The Hall–Kier alpha value is -2.59. The van der Waals surface area contributed by atoms with Gasteiger partial charge in [0, 0.05) is 28.2 Å². The first-order valence-corrected chi connectivity index (χ1v) is 10.1. The fourth-order valence-corrected chi connectivity index (χ4v) is 3.52. The van der Waals surface area contributed by atoms with Gasteiger partial charge in [0.25, 0.3) is 5.91 Å². The van der Waals surface area contributed by atoms with Crippen LogP contribution in [0.25, 0.3) is 10.9 Å². The molecule has 0 atom stereocenters. The van der Waals surface area contributed by atoms with Gasteiger partial charge in [-0.1, -0.05) is 44.0 Å². The number of rotatable bonds is 4. The minimum atomic E-state index is -0.130. The van der Waals surface area contributed by atoms with E-state index in [-0.39, 0.29) is 23.7 Å². The molecule has 3 aromatic rings. The highest BCUT2D eigenvalue weighted by Crippen LogP contribution is 2.29. The van der Waals surface area contributed by atoms with Crippen molar-refractivity contribution in [2.75, 3.05) is 6.54 Å². The Morgan fingerprint density at radius 1 is 1.03 bits per heavy atom. The molecule has 1 N–H and O–H groups in total. The molecule has 0 aliphatic heterocycles. The summed E-state index contributed by atoms with van der Waals surface area (Å²) in [6, 6.07) is 12.8. The molecule has 0 aliphatic carbocycles.